The zero-order chi connectivity index (χ0) is 14.7. The molecule has 1 spiro atoms. The highest BCUT2D eigenvalue weighted by Gasteiger charge is 2.41. The SMILES string of the molecule is O=C(NCc1ccc(Cl)s1)N[C@H]1CCO[C@]2(CCOC2)C1. The van der Waals surface area contributed by atoms with E-state index in [4.69, 9.17) is 21.1 Å². The number of carbonyl (C=O) groups excluding carboxylic acids is 1. The first-order valence-electron chi connectivity index (χ1n) is 7.16. The smallest absolute Gasteiger partial charge is 0.315 e. The van der Waals surface area contributed by atoms with Gasteiger partial charge >= 0.3 is 6.03 Å². The van der Waals surface area contributed by atoms with Gasteiger partial charge in [-0.1, -0.05) is 11.6 Å². The molecular weight excluding hydrogens is 312 g/mol. The Labute approximate surface area is 133 Å². The van der Waals surface area contributed by atoms with E-state index in [9.17, 15) is 4.79 Å². The second-order valence-electron chi connectivity index (χ2n) is 5.56. The van der Waals surface area contributed by atoms with Crippen LogP contribution in [0, 0.1) is 0 Å². The van der Waals surface area contributed by atoms with E-state index in [1.807, 2.05) is 12.1 Å². The summed E-state index contributed by atoms with van der Waals surface area (Å²) in [4.78, 5) is 13.0. The fraction of sp³-hybridized carbons (Fsp3) is 0.643. The fourth-order valence-corrected chi connectivity index (χ4v) is 3.89. The number of rotatable bonds is 3. The monoisotopic (exact) mass is 330 g/mol. The molecule has 2 aliphatic rings. The number of hydrogen-bond acceptors (Lipinski definition) is 4. The summed E-state index contributed by atoms with van der Waals surface area (Å²) >= 11 is 7.34. The van der Waals surface area contributed by atoms with Gasteiger partial charge in [0.1, 0.15) is 0 Å². The third-order valence-corrected chi connectivity index (χ3v) is 5.18. The summed E-state index contributed by atoms with van der Waals surface area (Å²) in [7, 11) is 0. The average Bonchev–Trinajstić information content (AvgIpc) is 3.06. The Kier molecular flexibility index (Phi) is 4.69. The lowest BCUT2D eigenvalue weighted by Crippen LogP contribution is -2.51. The van der Waals surface area contributed by atoms with Gasteiger partial charge in [-0.25, -0.2) is 4.79 Å². The highest BCUT2D eigenvalue weighted by atomic mass is 35.5. The van der Waals surface area contributed by atoms with Crippen molar-refractivity contribution in [2.24, 2.45) is 0 Å². The highest BCUT2D eigenvalue weighted by Crippen LogP contribution is 2.32. The van der Waals surface area contributed by atoms with Gasteiger partial charge in [-0.15, -0.1) is 11.3 Å². The maximum absolute atomic E-state index is 12.0. The fourth-order valence-electron chi connectivity index (χ4n) is 2.86. The molecule has 3 heterocycles. The van der Waals surface area contributed by atoms with E-state index in [-0.39, 0.29) is 17.7 Å². The molecule has 5 nitrogen and oxygen atoms in total. The van der Waals surface area contributed by atoms with Crippen molar-refractivity contribution < 1.29 is 14.3 Å². The Balaban J connectivity index is 1.46. The standard InChI is InChI=1S/C14H19ClN2O3S/c15-12-2-1-11(21-12)8-16-13(18)17-10-3-5-20-14(7-10)4-6-19-9-14/h1-2,10H,3-9H2,(H2,16,17,18)/t10-,14+/m0/s1. The summed E-state index contributed by atoms with van der Waals surface area (Å²) in [6.07, 6.45) is 2.59. The Hall–Kier alpha value is -0.820. The lowest BCUT2D eigenvalue weighted by Gasteiger charge is -2.37. The predicted molar refractivity (Wildman–Crippen MR) is 81.8 cm³/mol. The van der Waals surface area contributed by atoms with Crippen molar-refractivity contribution in [2.45, 2.75) is 37.5 Å². The summed E-state index contributed by atoms with van der Waals surface area (Å²) in [5.41, 5.74) is -0.183. The highest BCUT2D eigenvalue weighted by molar-refractivity contribution is 7.16. The maximum atomic E-state index is 12.0. The quantitative estimate of drug-likeness (QED) is 0.895. The van der Waals surface area contributed by atoms with Crippen molar-refractivity contribution in [3.63, 3.8) is 0 Å². The molecule has 0 bridgehead atoms. The molecule has 2 N–H and O–H groups in total. The Bertz CT molecular complexity index is 502. The molecule has 116 valence electrons. The third-order valence-electron chi connectivity index (χ3n) is 3.95. The van der Waals surface area contributed by atoms with E-state index in [0.717, 1.165) is 35.1 Å². The number of thiophene rings is 1. The number of urea groups is 1. The largest absolute Gasteiger partial charge is 0.378 e. The van der Waals surface area contributed by atoms with E-state index in [0.29, 0.717) is 19.8 Å². The molecule has 0 saturated carbocycles. The second kappa shape index (κ2) is 6.52. The second-order valence-corrected chi connectivity index (χ2v) is 7.36. The van der Waals surface area contributed by atoms with Crippen LogP contribution in [0.25, 0.3) is 0 Å². The van der Waals surface area contributed by atoms with Crippen LogP contribution in [0.4, 0.5) is 4.79 Å². The molecule has 2 fully saturated rings. The Morgan fingerprint density at radius 2 is 2.38 bits per heavy atom. The van der Waals surface area contributed by atoms with Gasteiger partial charge in [0, 0.05) is 30.6 Å². The van der Waals surface area contributed by atoms with Gasteiger partial charge in [-0.3, -0.25) is 0 Å². The zero-order valence-corrected chi connectivity index (χ0v) is 13.3. The molecule has 0 radical (unpaired) electrons. The van der Waals surface area contributed by atoms with Crippen molar-refractivity contribution in [3.05, 3.63) is 21.3 Å². The number of halogens is 1. The van der Waals surface area contributed by atoms with Crippen LogP contribution in [0.15, 0.2) is 12.1 Å². The average molecular weight is 331 g/mol. The van der Waals surface area contributed by atoms with Crippen LogP contribution in [-0.2, 0) is 16.0 Å². The molecule has 2 amide bonds. The molecule has 3 rings (SSSR count). The number of nitrogens with one attached hydrogen (secondary N) is 2. The van der Waals surface area contributed by atoms with Crippen molar-refractivity contribution in [3.8, 4) is 0 Å². The number of carbonyl (C=O) groups is 1. The molecule has 0 aromatic carbocycles. The summed E-state index contributed by atoms with van der Waals surface area (Å²) in [6.45, 7) is 2.56. The van der Waals surface area contributed by atoms with Crippen molar-refractivity contribution >= 4 is 29.0 Å². The molecular formula is C14H19ClN2O3S. The number of hydrogen-bond donors (Lipinski definition) is 2. The lowest BCUT2D eigenvalue weighted by molar-refractivity contribution is -0.0878. The first kappa shape index (κ1) is 15.1. The first-order valence-corrected chi connectivity index (χ1v) is 8.35. The predicted octanol–water partition coefficient (Wildman–Crippen LogP) is 2.54. The van der Waals surface area contributed by atoms with Crippen LogP contribution in [0.3, 0.4) is 0 Å². The van der Waals surface area contributed by atoms with Gasteiger partial charge in [0.2, 0.25) is 0 Å². The zero-order valence-electron chi connectivity index (χ0n) is 11.7. The minimum absolute atomic E-state index is 0.138. The molecule has 1 aromatic rings. The van der Waals surface area contributed by atoms with Gasteiger partial charge in [0.05, 0.1) is 23.1 Å². The van der Waals surface area contributed by atoms with Crippen LogP contribution in [0.2, 0.25) is 4.34 Å². The third kappa shape index (κ3) is 3.88. The number of amides is 2. The number of ether oxygens (including phenoxy) is 2. The molecule has 7 heteroatoms. The van der Waals surface area contributed by atoms with Crippen molar-refractivity contribution in [2.75, 3.05) is 19.8 Å². The molecule has 21 heavy (non-hydrogen) atoms. The molecule has 0 unspecified atom stereocenters. The van der Waals surface area contributed by atoms with Gasteiger partial charge in [-0.05, 0) is 25.0 Å². The summed E-state index contributed by atoms with van der Waals surface area (Å²) in [5, 5.41) is 5.90. The molecule has 2 aliphatic heterocycles. The van der Waals surface area contributed by atoms with Crippen molar-refractivity contribution in [1.29, 1.82) is 0 Å². The minimum atomic E-state index is -0.183. The van der Waals surface area contributed by atoms with Gasteiger partial charge in [0.15, 0.2) is 0 Å². The van der Waals surface area contributed by atoms with Crippen molar-refractivity contribution in [1.82, 2.24) is 10.6 Å². The Morgan fingerprint density at radius 3 is 3.10 bits per heavy atom. The van der Waals surface area contributed by atoms with Crippen LogP contribution >= 0.6 is 22.9 Å². The maximum Gasteiger partial charge on any atom is 0.315 e. The first-order chi connectivity index (χ1) is 10.2. The topological polar surface area (TPSA) is 59.6 Å². The lowest BCUT2D eigenvalue weighted by atomic mass is 9.90. The normalized spacial score (nSPS) is 28.7. The van der Waals surface area contributed by atoms with Crippen LogP contribution < -0.4 is 10.6 Å². The summed E-state index contributed by atoms with van der Waals surface area (Å²) in [6, 6.07) is 3.77. The van der Waals surface area contributed by atoms with E-state index in [2.05, 4.69) is 10.6 Å². The molecule has 1 aromatic heterocycles. The van der Waals surface area contributed by atoms with E-state index >= 15 is 0 Å². The van der Waals surface area contributed by atoms with Crippen LogP contribution in [0.5, 0.6) is 0 Å². The van der Waals surface area contributed by atoms with E-state index in [1.165, 1.54) is 11.3 Å². The van der Waals surface area contributed by atoms with Gasteiger partial charge in [-0.2, -0.15) is 0 Å². The molecule has 2 saturated heterocycles. The van der Waals surface area contributed by atoms with E-state index in [1.54, 1.807) is 0 Å². The molecule has 2 atom stereocenters. The van der Waals surface area contributed by atoms with Crippen LogP contribution in [0.1, 0.15) is 24.1 Å². The summed E-state index contributed by atoms with van der Waals surface area (Å²) in [5.74, 6) is 0. The summed E-state index contributed by atoms with van der Waals surface area (Å²) < 4.78 is 12.0. The van der Waals surface area contributed by atoms with Gasteiger partial charge in [0.25, 0.3) is 0 Å². The van der Waals surface area contributed by atoms with E-state index < -0.39 is 0 Å². The Morgan fingerprint density at radius 1 is 1.48 bits per heavy atom. The van der Waals surface area contributed by atoms with Crippen LogP contribution in [-0.4, -0.2) is 37.5 Å². The minimum Gasteiger partial charge on any atom is -0.378 e. The molecule has 0 aliphatic carbocycles. The van der Waals surface area contributed by atoms with Gasteiger partial charge < -0.3 is 20.1 Å².